The Morgan fingerprint density at radius 3 is 2.25 bits per heavy atom. The lowest BCUT2D eigenvalue weighted by Crippen LogP contribution is -2.22. The maximum absolute atomic E-state index is 11.2. The van der Waals surface area contributed by atoms with Crippen molar-refractivity contribution >= 4 is 10.0 Å². The zero-order valence-electron chi connectivity index (χ0n) is 11.4. The molecule has 3 N–H and O–H groups in total. The molecule has 0 spiro atoms. The Hall–Kier alpha value is -1.63. The molecule has 0 bridgehead atoms. The lowest BCUT2D eigenvalue weighted by molar-refractivity contribution is 0.403. The average Bonchev–Trinajstić information content (AvgIpc) is 2.91. The largest absolute Gasteiger partial charge is 0.468 e. The van der Waals surface area contributed by atoms with Crippen molar-refractivity contribution in [2.45, 2.75) is 30.8 Å². The molecule has 2 atom stereocenters. The smallest absolute Gasteiger partial charge is 0.238 e. The van der Waals surface area contributed by atoms with Crippen LogP contribution in [0.1, 0.15) is 37.3 Å². The van der Waals surface area contributed by atoms with Crippen LogP contribution in [-0.2, 0) is 10.0 Å². The molecule has 1 aromatic heterocycles. The molecule has 0 fully saturated rings. The second-order valence-electron chi connectivity index (χ2n) is 4.74. The number of furan rings is 1. The fourth-order valence-electron chi connectivity index (χ4n) is 2.04. The fourth-order valence-corrected chi connectivity index (χ4v) is 2.55. The second-order valence-corrected chi connectivity index (χ2v) is 6.30. The lowest BCUT2D eigenvalue weighted by atomic mass is 10.1. The molecule has 0 radical (unpaired) electrons. The van der Waals surface area contributed by atoms with Crippen LogP contribution < -0.4 is 10.5 Å². The minimum absolute atomic E-state index is 0.0598. The van der Waals surface area contributed by atoms with E-state index in [4.69, 9.17) is 9.56 Å². The minimum Gasteiger partial charge on any atom is -0.468 e. The standard InChI is InChI=1S/C14H18N2O3S/c1-10(16-11(2)14-4-3-9-19-14)12-5-7-13(8-6-12)20(15,17)18/h3-11,16H,1-2H3,(H2,15,17,18)/t10?,11-/m1/s1. The summed E-state index contributed by atoms with van der Waals surface area (Å²) in [6.07, 6.45) is 1.64. The summed E-state index contributed by atoms with van der Waals surface area (Å²) in [6.45, 7) is 4.01. The SMILES string of the molecule is CC(N[C@H](C)c1ccco1)c1ccc(S(N)(=O)=O)cc1. The molecule has 0 aliphatic heterocycles. The van der Waals surface area contributed by atoms with Crippen molar-refractivity contribution in [3.05, 3.63) is 54.0 Å². The van der Waals surface area contributed by atoms with Crippen molar-refractivity contribution in [3.8, 4) is 0 Å². The third-order valence-electron chi connectivity index (χ3n) is 3.18. The molecule has 108 valence electrons. The molecule has 0 saturated heterocycles. The highest BCUT2D eigenvalue weighted by molar-refractivity contribution is 7.89. The predicted molar refractivity (Wildman–Crippen MR) is 76.5 cm³/mol. The van der Waals surface area contributed by atoms with Crippen LogP contribution in [0, 0.1) is 0 Å². The third kappa shape index (κ3) is 3.47. The van der Waals surface area contributed by atoms with E-state index in [0.29, 0.717) is 0 Å². The zero-order chi connectivity index (χ0) is 14.8. The van der Waals surface area contributed by atoms with Gasteiger partial charge in [-0.05, 0) is 43.7 Å². The number of rotatable bonds is 5. The summed E-state index contributed by atoms with van der Waals surface area (Å²) in [5.74, 6) is 0.859. The normalized spacial score (nSPS) is 14.9. The topological polar surface area (TPSA) is 85.3 Å². The Kier molecular flexibility index (Phi) is 4.27. The van der Waals surface area contributed by atoms with E-state index in [1.807, 2.05) is 26.0 Å². The van der Waals surface area contributed by atoms with Crippen molar-refractivity contribution in [1.29, 1.82) is 0 Å². The molecule has 0 aliphatic rings. The summed E-state index contributed by atoms with van der Waals surface area (Å²) in [5.41, 5.74) is 0.982. The van der Waals surface area contributed by atoms with Crippen LogP contribution in [0.5, 0.6) is 0 Å². The van der Waals surface area contributed by atoms with Crippen LogP contribution >= 0.6 is 0 Å². The van der Waals surface area contributed by atoms with Gasteiger partial charge in [-0.15, -0.1) is 0 Å². The molecular formula is C14H18N2O3S. The Balaban J connectivity index is 2.08. The lowest BCUT2D eigenvalue weighted by Gasteiger charge is -2.19. The van der Waals surface area contributed by atoms with Crippen molar-refractivity contribution in [2.75, 3.05) is 0 Å². The molecule has 2 aromatic rings. The van der Waals surface area contributed by atoms with Crippen molar-refractivity contribution in [2.24, 2.45) is 5.14 Å². The van der Waals surface area contributed by atoms with Crippen LogP contribution in [-0.4, -0.2) is 8.42 Å². The van der Waals surface area contributed by atoms with Crippen LogP contribution in [0.2, 0.25) is 0 Å². The van der Waals surface area contributed by atoms with Crippen LogP contribution in [0.4, 0.5) is 0 Å². The Morgan fingerprint density at radius 2 is 1.75 bits per heavy atom. The first-order valence-corrected chi connectivity index (χ1v) is 7.85. The van der Waals surface area contributed by atoms with Gasteiger partial charge in [0.2, 0.25) is 10.0 Å². The maximum atomic E-state index is 11.2. The Morgan fingerprint density at radius 1 is 1.10 bits per heavy atom. The molecule has 6 heteroatoms. The molecule has 2 rings (SSSR count). The Labute approximate surface area is 118 Å². The highest BCUT2D eigenvalue weighted by Crippen LogP contribution is 2.20. The van der Waals surface area contributed by atoms with Gasteiger partial charge >= 0.3 is 0 Å². The maximum Gasteiger partial charge on any atom is 0.238 e. The van der Waals surface area contributed by atoms with Crippen LogP contribution in [0.15, 0.2) is 52.0 Å². The van der Waals surface area contributed by atoms with E-state index in [1.54, 1.807) is 18.4 Å². The average molecular weight is 294 g/mol. The molecule has 5 nitrogen and oxygen atoms in total. The zero-order valence-corrected chi connectivity index (χ0v) is 12.2. The van der Waals surface area contributed by atoms with E-state index >= 15 is 0 Å². The molecule has 0 saturated carbocycles. The molecular weight excluding hydrogens is 276 g/mol. The first-order chi connectivity index (χ1) is 9.38. The molecule has 0 aliphatic carbocycles. The first kappa shape index (κ1) is 14.8. The molecule has 1 heterocycles. The van der Waals surface area contributed by atoms with Crippen LogP contribution in [0.3, 0.4) is 0 Å². The minimum atomic E-state index is -3.64. The summed E-state index contributed by atoms with van der Waals surface area (Å²) in [4.78, 5) is 0.118. The van der Waals surface area contributed by atoms with E-state index in [9.17, 15) is 8.42 Å². The van der Waals surface area contributed by atoms with Gasteiger partial charge in [0.05, 0.1) is 17.2 Å². The molecule has 1 unspecified atom stereocenters. The number of primary sulfonamides is 1. The van der Waals surface area contributed by atoms with Gasteiger partial charge in [0.25, 0.3) is 0 Å². The molecule has 20 heavy (non-hydrogen) atoms. The van der Waals surface area contributed by atoms with E-state index in [-0.39, 0.29) is 17.0 Å². The summed E-state index contributed by atoms with van der Waals surface area (Å²) < 4.78 is 27.7. The van der Waals surface area contributed by atoms with E-state index in [0.717, 1.165) is 11.3 Å². The van der Waals surface area contributed by atoms with E-state index in [2.05, 4.69) is 5.32 Å². The monoisotopic (exact) mass is 294 g/mol. The highest BCUT2D eigenvalue weighted by Gasteiger charge is 2.14. The van der Waals surface area contributed by atoms with Gasteiger partial charge in [-0.25, -0.2) is 13.6 Å². The van der Waals surface area contributed by atoms with Crippen LogP contribution in [0.25, 0.3) is 0 Å². The van der Waals surface area contributed by atoms with E-state index < -0.39 is 10.0 Å². The van der Waals surface area contributed by atoms with Gasteiger partial charge in [0, 0.05) is 6.04 Å². The van der Waals surface area contributed by atoms with Gasteiger partial charge in [-0.2, -0.15) is 0 Å². The van der Waals surface area contributed by atoms with E-state index in [1.165, 1.54) is 12.1 Å². The van der Waals surface area contributed by atoms with Gasteiger partial charge in [0.15, 0.2) is 0 Å². The summed E-state index contributed by atoms with van der Waals surface area (Å²) in [7, 11) is -3.64. The third-order valence-corrected chi connectivity index (χ3v) is 4.11. The number of nitrogens with one attached hydrogen (secondary N) is 1. The molecule has 1 aromatic carbocycles. The van der Waals surface area contributed by atoms with Gasteiger partial charge in [0.1, 0.15) is 5.76 Å². The number of sulfonamides is 1. The quantitative estimate of drug-likeness (QED) is 0.886. The summed E-state index contributed by atoms with van der Waals surface area (Å²) >= 11 is 0. The number of benzene rings is 1. The molecule has 0 amide bonds. The van der Waals surface area contributed by atoms with Crippen molar-refractivity contribution < 1.29 is 12.8 Å². The Bertz CT molecular complexity index is 648. The van der Waals surface area contributed by atoms with Crippen molar-refractivity contribution in [3.63, 3.8) is 0 Å². The number of nitrogens with two attached hydrogens (primary N) is 1. The second kappa shape index (κ2) is 5.78. The number of hydrogen-bond donors (Lipinski definition) is 2. The first-order valence-electron chi connectivity index (χ1n) is 6.30. The predicted octanol–water partition coefficient (Wildman–Crippen LogP) is 2.34. The highest BCUT2D eigenvalue weighted by atomic mass is 32.2. The van der Waals surface area contributed by atoms with Gasteiger partial charge in [-0.1, -0.05) is 12.1 Å². The summed E-state index contributed by atoms with van der Waals surface area (Å²) in [5, 5.41) is 8.45. The summed E-state index contributed by atoms with van der Waals surface area (Å²) in [6, 6.07) is 10.4. The number of hydrogen-bond acceptors (Lipinski definition) is 4. The van der Waals surface area contributed by atoms with Gasteiger partial charge < -0.3 is 9.73 Å². The van der Waals surface area contributed by atoms with Crippen molar-refractivity contribution in [1.82, 2.24) is 5.32 Å². The van der Waals surface area contributed by atoms with Gasteiger partial charge in [-0.3, -0.25) is 0 Å². The fraction of sp³-hybridized carbons (Fsp3) is 0.286.